The molecule has 1 unspecified atom stereocenters. The van der Waals surface area contributed by atoms with Crippen LogP contribution in [0.5, 0.6) is 5.75 Å². The highest BCUT2D eigenvalue weighted by molar-refractivity contribution is 6.31. The quantitative estimate of drug-likeness (QED) is 0.351. The maximum atomic E-state index is 13.7. The summed E-state index contributed by atoms with van der Waals surface area (Å²) in [5, 5.41) is 0.782. The van der Waals surface area contributed by atoms with Crippen molar-refractivity contribution in [2.45, 2.75) is 26.3 Å². The minimum absolute atomic E-state index is 0.0567. The normalized spacial score (nSPS) is 15.2. The summed E-state index contributed by atoms with van der Waals surface area (Å²) in [6.07, 6.45) is 0.876. The number of ether oxygens (including phenoxy) is 1. The fourth-order valence-electron chi connectivity index (χ4n) is 4.30. The van der Waals surface area contributed by atoms with Crippen LogP contribution in [0.15, 0.2) is 75.9 Å². The summed E-state index contributed by atoms with van der Waals surface area (Å²) in [5.74, 6) is 0.392. The van der Waals surface area contributed by atoms with Crippen LogP contribution in [-0.4, -0.2) is 12.5 Å². The van der Waals surface area contributed by atoms with Crippen molar-refractivity contribution < 1.29 is 13.9 Å². The van der Waals surface area contributed by atoms with Crippen LogP contribution in [0.25, 0.3) is 11.0 Å². The van der Waals surface area contributed by atoms with Crippen molar-refractivity contribution in [2.24, 2.45) is 0 Å². The van der Waals surface area contributed by atoms with Gasteiger partial charge in [-0.2, -0.15) is 0 Å². The molecule has 5 rings (SSSR count). The molecule has 0 radical (unpaired) electrons. The maximum absolute atomic E-state index is 13.7. The smallest absolute Gasteiger partial charge is 0.295 e. The number of fused-ring (bicyclic) bond motifs is 2. The topological polar surface area (TPSA) is 59.8 Å². The second-order valence-electron chi connectivity index (χ2n) is 8.15. The van der Waals surface area contributed by atoms with E-state index in [1.54, 1.807) is 23.1 Å². The molecule has 0 bridgehead atoms. The van der Waals surface area contributed by atoms with Crippen LogP contribution in [0.4, 0.5) is 5.69 Å². The van der Waals surface area contributed by atoms with Crippen molar-refractivity contribution in [2.75, 3.05) is 11.5 Å². The first-order chi connectivity index (χ1) is 16.0. The van der Waals surface area contributed by atoms with E-state index in [-0.39, 0.29) is 17.1 Å². The minimum Gasteiger partial charge on any atom is -0.494 e. The third-order valence-electron chi connectivity index (χ3n) is 5.76. The molecule has 3 aromatic carbocycles. The summed E-state index contributed by atoms with van der Waals surface area (Å²) in [7, 11) is 0. The molecule has 0 saturated heterocycles. The summed E-state index contributed by atoms with van der Waals surface area (Å²) in [4.78, 5) is 28.9. The van der Waals surface area contributed by atoms with Crippen LogP contribution in [-0.2, 0) is 0 Å². The van der Waals surface area contributed by atoms with Gasteiger partial charge in [0.15, 0.2) is 5.43 Å². The van der Waals surface area contributed by atoms with E-state index in [9.17, 15) is 9.59 Å². The zero-order valence-electron chi connectivity index (χ0n) is 18.3. The van der Waals surface area contributed by atoms with Crippen molar-refractivity contribution in [3.63, 3.8) is 0 Å². The van der Waals surface area contributed by atoms with E-state index >= 15 is 0 Å². The van der Waals surface area contributed by atoms with Gasteiger partial charge in [0.25, 0.3) is 5.91 Å². The molecule has 5 nitrogen and oxygen atoms in total. The number of benzene rings is 3. The van der Waals surface area contributed by atoms with Gasteiger partial charge in [-0.25, -0.2) is 0 Å². The van der Waals surface area contributed by atoms with Crippen molar-refractivity contribution >= 4 is 34.2 Å². The number of halogens is 1. The van der Waals surface area contributed by atoms with Crippen LogP contribution in [0.1, 0.15) is 46.6 Å². The van der Waals surface area contributed by atoms with E-state index < -0.39 is 6.04 Å². The van der Waals surface area contributed by atoms with Gasteiger partial charge < -0.3 is 9.15 Å². The first-order valence-corrected chi connectivity index (χ1v) is 11.2. The Morgan fingerprint density at radius 3 is 2.64 bits per heavy atom. The third kappa shape index (κ3) is 3.68. The Labute approximate surface area is 196 Å². The number of hydrogen-bond acceptors (Lipinski definition) is 4. The SMILES string of the molecule is CCCOc1cccc(C2c3c(oc4ccc(Cl)cc4c3=O)C(=O)N2c2cccc(C)c2)c1. The van der Waals surface area contributed by atoms with Gasteiger partial charge in [0.2, 0.25) is 5.76 Å². The zero-order valence-corrected chi connectivity index (χ0v) is 19.1. The minimum atomic E-state index is -0.654. The van der Waals surface area contributed by atoms with E-state index in [1.807, 2.05) is 62.4 Å². The molecule has 0 saturated carbocycles. The van der Waals surface area contributed by atoms with E-state index in [2.05, 4.69) is 0 Å². The van der Waals surface area contributed by atoms with E-state index in [0.717, 1.165) is 17.5 Å². The molecule has 0 spiro atoms. The maximum Gasteiger partial charge on any atom is 0.295 e. The number of amides is 1. The number of aryl methyl sites for hydroxylation is 1. The van der Waals surface area contributed by atoms with Crippen molar-refractivity contribution in [3.05, 3.63) is 104 Å². The second-order valence-corrected chi connectivity index (χ2v) is 8.59. The Balaban J connectivity index is 1.77. The predicted molar refractivity (Wildman–Crippen MR) is 130 cm³/mol. The van der Waals surface area contributed by atoms with Crippen molar-refractivity contribution in [1.29, 1.82) is 0 Å². The first-order valence-electron chi connectivity index (χ1n) is 10.9. The summed E-state index contributed by atoms with van der Waals surface area (Å²) < 4.78 is 11.8. The molecule has 166 valence electrons. The first kappa shape index (κ1) is 21.3. The number of hydrogen-bond donors (Lipinski definition) is 0. The lowest BCUT2D eigenvalue weighted by molar-refractivity contribution is 0.0971. The van der Waals surface area contributed by atoms with Crippen molar-refractivity contribution in [1.82, 2.24) is 0 Å². The van der Waals surface area contributed by atoms with Crippen LogP contribution in [0.2, 0.25) is 5.02 Å². The molecule has 0 fully saturated rings. The third-order valence-corrected chi connectivity index (χ3v) is 5.99. The Bertz CT molecular complexity index is 1440. The standard InChI is InChI=1S/C27H22ClNO4/c1-3-12-32-20-9-5-7-17(14-20)24-23-25(30)21-15-18(28)10-11-22(21)33-26(23)27(31)29(24)19-8-4-6-16(2)13-19/h4-11,13-15,24H,3,12H2,1-2H3. The van der Waals surface area contributed by atoms with Crippen LogP contribution in [0, 0.1) is 6.92 Å². The zero-order chi connectivity index (χ0) is 23.1. The molecule has 1 amide bonds. The molecule has 2 heterocycles. The van der Waals surface area contributed by atoms with Gasteiger partial charge in [0.1, 0.15) is 11.3 Å². The number of anilines is 1. The molecule has 4 aromatic rings. The van der Waals surface area contributed by atoms with Crippen LogP contribution < -0.4 is 15.1 Å². The number of carbonyl (C=O) groups is 1. The molecular weight excluding hydrogens is 438 g/mol. The molecule has 6 heteroatoms. The fraction of sp³-hybridized carbons (Fsp3) is 0.185. The summed E-state index contributed by atoms with van der Waals surface area (Å²) >= 11 is 6.16. The van der Waals surface area contributed by atoms with Gasteiger partial charge in [0, 0.05) is 10.7 Å². The molecule has 1 atom stereocenters. The molecule has 1 aliphatic rings. The molecule has 1 aromatic heterocycles. The lowest BCUT2D eigenvalue weighted by atomic mass is 9.98. The van der Waals surface area contributed by atoms with Gasteiger partial charge in [-0.1, -0.05) is 42.8 Å². The van der Waals surface area contributed by atoms with Crippen LogP contribution >= 0.6 is 11.6 Å². The Morgan fingerprint density at radius 1 is 1.03 bits per heavy atom. The highest BCUT2D eigenvalue weighted by Gasteiger charge is 2.43. The van der Waals surface area contributed by atoms with Gasteiger partial charge >= 0.3 is 0 Å². The largest absolute Gasteiger partial charge is 0.494 e. The van der Waals surface area contributed by atoms with Crippen LogP contribution in [0.3, 0.4) is 0 Å². The molecule has 0 aliphatic carbocycles. The summed E-state index contributed by atoms with van der Waals surface area (Å²) in [6, 6.07) is 19.4. The molecule has 33 heavy (non-hydrogen) atoms. The number of nitrogens with zero attached hydrogens (tertiary/aromatic N) is 1. The van der Waals surface area contributed by atoms with E-state index in [4.69, 9.17) is 20.8 Å². The lowest BCUT2D eigenvalue weighted by Crippen LogP contribution is -2.29. The van der Waals surface area contributed by atoms with Gasteiger partial charge in [-0.05, 0) is 66.9 Å². The summed E-state index contributed by atoms with van der Waals surface area (Å²) in [6.45, 7) is 4.58. The van der Waals surface area contributed by atoms with Gasteiger partial charge in [-0.15, -0.1) is 0 Å². The molecular formula is C27H22ClNO4. The predicted octanol–water partition coefficient (Wildman–Crippen LogP) is 6.29. The number of rotatable bonds is 5. The Kier molecular flexibility index (Phi) is 5.43. The Hall–Kier alpha value is -3.57. The fourth-order valence-corrected chi connectivity index (χ4v) is 4.47. The number of carbonyl (C=O) groups excluding carboxylic acids is 1. The van der Waals surface area contributed by atoms with Crippen molar-refractivity contribution in [3.8, 4) is 5.75 Å². The highest BCUT2D eigenvalue weighted by Crippen LogP contribution is 2.42. The van der Waals surface area contributed by atoms with E-state index in [1.165, 1.54) is 0 Å². The highest BCUT2D eigenvalue weighted by atomic mass is 35.5. The van der Waals surface area contributed by atoms with Gasteiger partial charge in [-0.3, -0.25) is 14.5 Å². The molecule has 0 N–H and O–H groups in total. The summed E-state index contributed by atoms with van der Waals surface area (Å²) in [5.41, 5.74) is 2.85. The van der Waals surface area contributed by atoms with E-state index in [0.29, 0.717) is 39.6 Å². The lowest BCUT2D eigenvalue weighted by Gasteiger charge is -2.26. The average molecular weight is 460 g/mol. The Morgan fingerprint density at radius 2 is 1.85 bits per heavy atom. The van der Waals surface area contributed by atoms with Gasteiger partial charge in [0.05, 0.1) is 23.6 Å². The monoisotopic (exact) mass is 459 g/mol. The average Bonchev–Trinajstić information content (AvgIpc) is 3.11. The molecule has 1 aliphatic heterocycles. The second kappa shape index (κ2) is 8.41.